The summed E-state index contributed by atoms with van der Waals surface area (Å²) in [6.45, 7) is 8.21. The lowest BCUT2D eigenvalue weighted by Crippen LogP contribution is -2.42. The minimum atomic E-state index is 0. The molecule has 1 aromatic carbocycles. The number of hydrogen-bond acceptors (Lipinski definition) is 3. The van der Waals surface area contributed by atoms with Crippen molar-refractivity contribution >= 4 is 29.9 Å². The van der Waals surface area contributed by atoms with Crippen molar-refractivity contribution in [3.63, 3.8) is 0 Å². The number of ether oxygens (including phenoxy) is 1. The molecule has 2 saturated carbocycles. The van der Waals surface area contributed by atoms with Crippen LogP contribution in [0.15, 0.2) is 41.9 Å². The number of hydrogen-bond donors (Lipinski definition) is 2. The molecule has 0 aliphatic heterocycles. The van der Waals surface area contributed by atoms with E-state index < -0.39 is 0 Å². The van der Waals surface area contributed by atoms with Gasteiger partial charge in [0.2, 0.25) is 0 Å². The molecule has 5 nitrogen and oxygen atoms in total. The van der Waals surface area contributed by atoms with E-state index in [9.17, 15) is 0 Å². The number of benzene rings is 1. The zero-order valence-electron chi connectivity index (χ0n) is 16.3. The Morgan fingerprint density at radius 1 is 1.26 bits per heavy atom. The Morgan fingerprint density at radius 3 is 2.70 bits per heavy atom. The Balaban J connectivity index is 0.00000261. The van der Waals surface area contributed by atoms with Gasteiger partial charge in [-0.1, -0.05) is 30.9 Å². The molecule has 1 aromatic rings. The Kier molecular flexibility index (Phi) is 9.41. The molecule has 0 bridgehead atoms. The molecule has 0 amide bonds. The van der Waals surface area contributed by atoms with E-state index in [1.54, 1.807) is 6.08 Å². The van der Waals surface area contributed by atoms with Crippen molar-refractivity contribution in [3.8, 4) is 5.75 Å². The summed E-state index contributed by atoms with van der Waals surface area (Å²) in [7, 11) is 1.82. The van der Waals surface area contributed by atoms with Crippen LogP contribution in [0.1, 0.15) is 31.2 Å². The van der Waals surface area contributed by atoms with Gasteiger partial charge >= 0.3 is 0 Å². The monoisotopic (exact) mass is 484 g/mol. The molecule has 27 heavy (non-hydrogen) atoms. The summed E-state index contributed by atoms with van der Waals surface area (Å²) in [5.74, 6) is 2.69. The summed E-state index contributed by atoms with van der Waals surface area (Å²) in [6.07, 6.45) is 7.36. The van der Waals surface area contributed by atoms with E-state index in [2.05, 4.69) is 33.2 Å². The van der Waals surface area contributed by atoms with Gasteiger partial charge in [0.05, 0.1) is 0 Å². The first kappa shape index (κ1) is 22.0. The highest BCUT2D eigenvalue weighted by atomic mass is 127. The minimum absolute atomic E-state index is 0. The van der Waals surface area contributed by atoms with Gasteiger partial charge in [0.25, 0.3) is 0 Å². The van der Waals surface area contributed by atoms with Gasteiger partial charge < -0.3 is 15.4 Å². The van der Waals surface area contributed by atoms with Gasteiger partial charge in [0.1, 0.15) is 12.4 Å². The lowest BCUT2D eigenvalue weighted by atomic mass is 10.2. The molecular weight excluding hydrogens is 451 g/mol. The number of para-hydroxylation sites is 1. The first-order valence-corrected chi connectivity index (χ1v) is 9.80. The molecule has 3 rings (SSSR count). The summed E-state index contributed by atoms with van der Waals surface area (Å²) < 4.78 is 5.72. The van der Waals surface area contributed by atoms with Crippen molar-refractivity contribution in [2.75, 3.05) is 33.3 Å². The number of halogens is 1. The molecule has 0 aromatic heterocycles. The topological polar surface area (TPSA) is 48.9 Å². The molecule has 2 fully saturated rings. The van der Waals surface area contributed by atoms with Gasteiger partial charge in [-0.05, 0) is 37.7 Å². The van der Waals surface area contributed by atoms with E-state index in [0.29, 0.717) is 13.2 Å². The van der Waals surface area contributed by atoms with Crippen LogP contribution in [0.25, 0.3) is 0 Å². The molecule has 2 aliphatic carbocycles. The molecule has 0 spiro atoms. The third-order valence-corrected chi connectivity index (χ3v) is 4.94. The maximum Gasteiger partial charge on any atom is 0.191 e. The van der Waals surface area contributed by atoms with Crippen LogP contribution in [-0.4, -0.2) is 50.2 Å². The Hall–Kier alpha value is -1.28. The number of rotatable bonds is 11. The normalized spacial score (nSPS) is 16.6. The largest absolute Gasteiger partial charge is 0.489 e. The van der Waals surface area contributed by atoms with Gasteiger partial charge in [0, 0.05) is 44.8 Å². The van der Waals surface area contributed by atoms with E-state index in [4.69, 9.17) is 4.74 Å². The second kappa shape index (κ2) is 11.5. The summed E-state index contributed by atoms with van der Waals surface area (Å²) >= 11 is 0. The predicted molar refractivity (Wildman–Crippen MR) is 123 cm³/mol. The molecule has 0 atom stereocenters. The molecule has 0 radical (unpaired) electrons. The minimum Gasteiger partial charge on any atom is -0.489 e. The highest BCUT2D eigenvalue weighted by Gasteiger charge is 2.33. The zero-order valence-corrected chi connectivity index (χ0v) is 18.7. The molecule has 0 unspecified atom stereocenters. The smallest absolute Gasteiger partial charge is 0.191 e. The maximum absolute atomic E-state index is 5.72. The summed E-state index contributed by atoms with van der Waals surface area (Å²) in [6, 6.07) is 8.91. The van der Waals surface area contributed by atoms with Gasteiger partial charge in [-0.2, -0.15) is 0 Å². The number of nitrogens with zero attached hydrogens (tertiary/aromatic N) is 2. The average molecular weight is 484 g/mol. The standard InChI is InChI=1S/C21H32N4O.HI/c1-3-14-26-20-7-5-4-6-18(20)15-24-21(22-2)23-12-13-25(19-10-11-19)16-17-8-9-17;/h3-7,17,19H,1,8-16H2,2H3,(H2,22,23,24);1H. The summed E-state index contributed by atoms with van der Waals surface area (Å²) in [4.78, 5) is 7.01. The second-order valence-electron chi connectivity index (χ2n) is 7.23. The zero-order chi connectivity index (χ0) is 18.2. The molecule has 0 saturated heterocycles. The van der Waals surface area contributed by atoms with Crippen LogP contribution in [0.5, 0.6) is 5.75 Å². The van der Waals surface area contributed by atoms with E-state index in [1.165, 1.54) is 32.2 Å². The Bertz CT molecular complexity index is 614. The van der Waals surface area contributed by atoms with Crippen LogP contribution in [0.3, 0.4) is 0 Å². The van der Waals surface area contributed by atoms with Crippen LogP contribution in [0, 0.1) is 5.92 Å². The lowest BCUT2D eigenvalue weighted by Gasteiger charge is -2.22. The van der Waals surface area contributed by atoms with Gasteiger partial charge in [-0.3, -0.25) is 9.89 Å². The molecular formula is C21H33IN4O. The first-order valence-electron chi connectivity index (χ1n) is 9.80. The predicted octanol–water partition coefficient (Wildman–Crippen LogP) is 3.41. The quantitative estimate of drug-likeness (QED) is 0.219. The SMILES string of the molecule is C=CCOc1ccccc1CNC(=NC)NCCN(CC1CC1)C1CC1.I. The lowest BCUT2D eigenvalue weighted by molar-refractivity contribution is 0.256. The van der Waals surface area contributed by atoms with Crippen molar-refractivity contribution in [1.29, 1.82) is 0 Å². The molecule has 150 valence electrons. The summed E-state index contributed by atoms with van der Waals surface area (Å²) in [5.41, 5.74) is 1.12. The maximum atomic E-state index is 5.72. The molecule has 0 heterocycles. The second-order valence-corrected chi connectivity index (χ2v) is 7.23. The van der Waals surface area contributed by atoms with E-state index in [1.807, 2.05) is 25.2 Å². The van der Waals surface area contributed by atoms with E-state index in [-0.39, 0.29) is 24.0 Å². The van der Waals surface area contributed by atoms with Crippen molar-refractivity contribution in [2.24, 2.45) is 10.9 Å². The van der Waals surface area contributed by atoms with Crippen molar-refractivity contribution in [1.82, 2.24) is 15.5 Å². The Labute approximate surface area is 180 Å². The van der Waals surface area contributed by atoms with Crippen LogP contribution in [-0.2, 0) is 6.54 Å². The highest BCUT2D eigenvalue weighted by molar-refractivity contribution is 14.0. The van der Waals surface area contributed by atoms with Gasteiger partial charge in [0.15, 0.2) is 5.96 Å². The van der Waals surface area contributed by atoms with Crippen LogP contribution in [0.2, 0.25) is 0 Å². The van der Waals surface area contributed by atoms with Crippen molar-refractivity contribution in [3.05, 3.63) is 42.5 Å². The number of aliphatic imine (C=N–C) groups is 1. The Morgan fingerprint density at radius 2 is 2.04 bits per heavy atom. The van der Waals surface area contributed by atoms with Crippen LogP contribution in [0.4, 0.5) is 0 Å². The third kappa shape index (κ3) is 7.70. The summed E-state index contributed by atoms with van der Waals surface area (Å²) in [5, 5.41) is 6.84. The number of guanidine groups is 1. The van der Waals surface area contributed by atoms with Gasteiger partial charge in [-0.15, -0.1) is 24.0 Å². The number of nitrogens with one attached hydrogen (secondary N) is 2. The molecule has 6 heteroatoms. The highest BCUT2D eigenvalue weighted by Crippen LogP contribution is 2.34. The van der Waals surface area contributed by atoms with E-state index >= 15 is 0 Å². The van der Waals surface area contributed by atoms with Crippen molar-refractivity contribution < 1.29 is 4.74 Å². The van der Waals surface area contributed by atoms with Gasteiger partial charge in [-0.25, -0.2) is 0 Å². The van der Waals surface area contributed by atoms with Crippen molar-refractivity contribution in [2.45, 2.75) is 38.3 Å². The van der Waals surface area contributed by atoms with Crippen LogP contribution >= 0.6 is 24.0 Å². The molecule has 2 aliphatic rings. The van der Waals surface area contributed by atoms with Crippen LogP contribution < -0.4 is 15.4 Å². The fourth-order valence-corrected chi connectivity index (χ4v) is 3.15. The van der Waals surface area contributed by atoms with E-state index in [0.717, 1.165) is 42.3 Å². The molecule has 2 N–H and O–H groups in total. The third-order valence-electron chi connectivity index (χ3n) is 4.94. The fraction of sp³-hybridized carbons (Fsp3) is 0.571. The first-order chi connectivity index (χ1) is 12.8. The average Bonchev–Trinajstić information content (AvgIpc) is 3.56. The fourth-order valence-electron chi connectivity index (χ4n) is 3.15.